The lowest BCUT2D eigenvalue weighted by Crippen LogP contribution is -2.24. The average Bonchev–Trinajstić information content (AvgIpc) is 3.05. The molecule has 0 spiro atoms. The van der Waals surface area contributed by atoms with Crippen molar-refractivity contribution in [1.82, 2.24) is 25.1 Å². The summed E-state index contributed by atoms with van der Waals surface area (Å²) in [4.78, 5) is 28.1. The second-order valence-corrected chi connectivity index (χ2v) is 6.50. The standard InChI is InChI=1S/C18H18N6O2S/c1-24-15(11-20-17(26)13-7-3-2-4-8-13)22-23-18(24)27-12-16(25)21-14-9-5-6-10-19-14/h2-10H,11-12H2,1H3,(H,20,26)(H,19,21,25). The fourth-order valence-corrected chi connectivity index (χ4v) is 2.95. The minimum absolute atomic E-state index is 0.178. The molecule has 2 N–H and O–H groups in total. The summed E-state index contributed by atoms with van der Waals surface area (Å²) in [6.45, 7) is 0.248. The van der Waals surface area contributed by atoms with Crippen molar-refractivity contribution in [3.63, 3.8) is 0 Å². The Morgan fingerprint density at radius 2 is 1.85 bits per heavy atom. The molecule has 1 aromatic carbocycles. The largest absolute Gasteiger partial charge is 0.345 e. The van der Waals surface area contributed by atoms with Crippen molar-refractivity contribution < 1.29 is 9.59 Å². The van der Waals surface area contributed by atoms with E-state index in [1.165, 1.54) is 11.8 Å². The molecule has 0 bridgehead atoms. The molecule has 2 aromatic heterocycles. The highest BCUT2D eigenvalue weighted by atomic mass is 32.2. The summed E-state index contributed by atoms with van der Waals surface area (Å²) in [6.07, 6.45) is 1.61. The van der Waals surface area contributed by atoms with Crippen LogP contribution < -0.4 is 10.6 Å². The Labute approximate surface area is 160 Å². The van der Waals surface area contributed by atoms with E-state index < -0.39 is 0 Å². The summed E-state index contributed by atoms with van der Waals surface area (Å²) in [7, 11) is 1.79. The van der Waals surface area contributed by atoms with Crippen LogP contribution in [0.1, 0.15) is 16.2 Å². The van der Waals surface area contributed by atoms with Gasteiger partial charge in [-0.1, -0.05) is 36.0 Å². The first-order chi connectivity index (χ1) is 13.1. The van der Waals surface area contributed by atoms with E-state index in [2.05, 4.69) is 25.8 Å². The Morgan fingerprint density at radius 3 is 2.59 bits per heavy atom. The number of nitrogens with one attached hydrogen (secondary N) is 2. The van der Waals surface area contributed by atoms with E-state index in [4.69, 9.17) is 0 Å². The maximum atomic E-state index is 12.1. The highest BCUT2D eigenvalue weighted by Crippen LogP contribution is 2.16. The third-order valence-corrected chi connectivity index (χ3v) is 4.65. The number of carbonyl (C=O) groups excluding carboxylic acids is 2. The zero-order chi connectivity index (χ0) is 19.1. The molecule has 3 rings (SSSR count). The minimum atomic E-state index is -0.180. The number of amides is 2. The van der Waals surface area contributed by atoms with Gasteiger partial charge in [0.25, 0.3) is 5.91 Å². The number of thioether (sulfide) groups is 1. The molecule has 8 nitrogen and oxygen atoms in total. The number of hydrogen-bond donors (Lipinski definition) is 2. The van der Waals surface area contributed by atoms with Gasteiger partial charge in [-0.05, 0) is 24.3 Å². The van der Waals surface area contributed by atoms with E-state index in [9.17, 15) is 9.59 Å². The Morgan fingerprint density at radius 1 is 1.07 bits per heavy atom. The lowest BCUT2D eigenvalue weighted by atomic mass is 10.2. The third-order valence-electron chi connectivity index (χ3n) is 3.63. The van der Waals surface area contributed by atoms with Crippen molar-refractivity contribution in [1.29, 1.82) is 0 Å². The van der Waals surface area contributed by atoms with Crippen molar-refractivity contribution in [2.24, 2.45) is 7.05 Å². The highest BCUT2D eigenvalue weighted by molar-refractivity contribution is 7.99. The van der Waals surface area contributed by atoms with E-state index >= 15 is 0 Å². The van der Waals surface area contributed by atoms with Gasteiger partial charge in [-0.15, -0.1) is 10.2 Å². The molecule has 0 fully saturated rings. The van der Waals surface area contributed by atoms with Crippen LogP contribution in [-0.4, -0.2) is 37.3 Å². The van der Waals surface area contributed by atoms with Crippen LogP contribution in [0, 0.1) is 0 Å². The number of nitrogens with zero attached hydrogens (tertiary/aromatic N) is 4. The van der Waals surface area contributed by atoms with E-state index in [0.717, 1.165) is 0 Å². The Balaban J connectivity index is 1.51. The summed E-state index contributed by atoms with van der Waals surface area (Å²) in [5.74, 6) is 0.930. The predicted molar refractivity (Wildman–Crippen MR) is 102 cm³/mol. The second kappa shape index (κ2) is 8.95. The zero-order valence-corrected chi connectivity index (χ0v) is 15.4. The molecule has 0 radical (unpaired) electrons. The van der Waals surface area contributed by atoms with Crippen molar-refractivity contribution in [3.8, 4) is 0 Å². The normalized spacial score (nSPS) is 10.4. The van der Waals surface area contributed by atoms with Crippen LogP contribution in [0.5, 0.6) is 0 Å². The van der Waals surface area contributed by atoms with Crippen LogP contribution in [-0.2, 0) is 18.4 Å². The van der Waals surface area contributed by atoms with Crippen molar-refractivity contribution in [2.75, 3.05) is 11.1 Å². The van der Waals surface area contributed by atoms with Gasteiger partial charge in [0.1, 0.15) is 5.82 Å². The van der Waals surface area contributed by atoms with Gasteiger partial charge in [0, 0.05) is 18.8 Å². The molecule has 0 unspecified atom stereocenters. The van der Waals surface area contributed by atoms with Gasteiger partial charge in [0.05, 0.1) is 12.3 Å². The van der Waals surface area contributed by atoms with Crippen molar-refractivity contribution in [3.05, 3.63) is 66.1 Å². The third kappa shape index (κ3) is 5.14. The molecule has 2 amide bonds. The molecule has 9 heteroatoms. The molecule has 3 aromatic rings. The number of pyridine rings is 1. The molecule has 0 saturated carbocycles. The van der Waals surface area contributed by atoms with Crippen LogP contribution in [0.3, 0.4) is 0 Å². The predicted octanol–water partition coefficient (Wildman–Crippen LogP) is 1.87. The lowest BCUT2D eigenvalue weighted by Gasteiger charge is -2.06. The van der Waals surface area contributed by atoms with Crippen LogP contribution >= 0.6 is 11.8 Å². The first-order valence-electron chi connectivity index (χ1n) is 8.18. The van der Waals surface area contributed by atoms with E-state index in [0.29, 0.717) is 22.4 Å². The highest BCUT2D eigenvalue weighted by Gasteiger charge is 2.13. The second-order valence-electron chi connectivity index (χ2n) is 5.56. The molecule has 0 aliphatic rings. The first-order valence-corrected chi connectivity index (χ1v) is 9.17. The zero-order valence-electron chi connectivity index (χ0n) is 14.6. The number of anilines is 1. The van der Waals surface area contributed by atoms with Gasteiger partial charge >= 0.3 is 0 Å². The number of benzene rings is 1. The van der Waals surface area contributed by atoms with Crippen LogP contribution in [0.4, 0.5) is 5.82 Å². The molecule has 2 heterocycles. The molecule has 0 atom stereocenters. The Hall–Kier alpha value is -3.20. The lowest BCUT2D eigenvalue weighted by molar-refractivity contribution is -0.113. The van der Waals surface area contributed by atoms with E-state index in [1.807, 2.05) is 18.2 Å². The van der Waals surface area contributed by atoms with Gasteiger partial charge in [-0.25, -0.2) is 4.98 Å². The Bertz CT molecular complexity index is 914. The quantitative estimate of drug-likeness (QED) is 0.605. The fourth-order valence-electron chi connectivity index (χ4n) is 2.22. The molecule has 0 aliphatic heterocycles. The van der Waals surface area contributed by atoms with Gasteiger partial charge in [-0.3, -0.25) is 9.59 Å². The Kier molecular flexibility index (Phi) is 6.16. The maximum Gasteiger partial charge on any atom is 0.251 e. The van der Waals surface area contributed by atoms with Crippen LogP contribution in [0.25, 0.3) is 0 Å². The number of rotatable bonds is 7. The maximum absolute atomic E-state index is 12.1. The molecular formula is C18H18N6O2S. The average molecular weight is 382 g/mol. The summed E-state index contributed by atoms with van der Waals surface area (Å²) >= 11 is 1.26. The topological polar surface area (TPSA) is 102 Å². The number of carbonyl (C=O) groups is 2. The molecule has 0 aliphatic carbocycles. The molecule has 138 valence electrons. The summed E-state index contributed by atoms with van der Waals surface area (Å²) < 4.78 is 1.75. The SMILES string of the molecule is Cn1c(CNC(=O)c2ccccc2)nnc1SCC(=O)Nc1ccccn1. The molecular weight excluding hydrogens is 364 g/mol. The fraction of sp³-hybridized carbons (Fsp3) is 0.167. The smallest absolute Gasteiger partial charge is 0.251 e. The van der Waals surface area contributed by atoms with Crippen molar-refractivity contribution >= 4 is 29.4 Å². The summed E-state index contributed by atoms with van der Waals surface area (Å²) in [6, 6.07) is 14.3. The van der Waals surface area contributed by atoms with Gasteiger partial charge < -0.3 is 15.2 Å². The van der Waals surface area contributed by atoms with E-state index in [-0.39, 0.29) is 24.1 Å². The summed E-state index contributed by atoms with van der Waals surface area (Å²) in [5.41, 5.74) is 0.584. The van der Waals surface area contributed by atoms with Crippen molar-refractivity contribution in [2.45, 2.75) is 11.7 Å². The molecule has 27 heavy (non-hydrogen) atoms. The first kappa shape index (κ1) is 18.6. The molecule has 0 saturated heterocycles. The van der Waals surface area contributed by atoms with Gasteiger partial charge in [0.2, 0.25) is 5.91 Å². The monoisotopic (exact) mass is 382 g/mol. The minimum Gasteiger partial charge on any atom is -0.345 e. The summed E-state index contributed by atoms with van der Waals surface area (Å²) in [5, 5.41) is 14.3. The van der Waals surface area contributed by atoms with Gasteiger partial charge in [-0.2, -0.15) is 0 Å². The number of aromatic nitrogens is 4. The number of hydrogen-bond acceptors (Lipinski definition) is 6. The van der Waals surface area contributed by atoms with Gasteiger partial charge in [0.15, 0.2) is 11.0 Å². The van der Waals surface area contributed by atoms with Crippen LogP contribution in [0.2, 0.25) is 0 Å². The van der Waals surface area contributed by atoms with Crippen LogP contribution in [0.15, 0.2) is 59.9 Å². The van der Waals surface area contributed by atoms with E-state index in [1.54, 1.807) is 48.1 Å².